The van der Waals surface area contributed by atoms with Crippen molar-refractivity contribution in [1.82, 2.24) is 0 Å². The number of halogens is 1. The molecule has 0 aromatic heterocycles. The van der Waals surface area contributed by atoms with E-state index in [1.165, 1.54) is 81.8 Å². The summed E-state index contributed by atoms with van der Waals surface area (Å²) in [5.74, 6) is 1.75. The molecule has 0 aliphatic rings. The van der Waals surface area contributed by atoms with Crippen LogP contribution in [0, 0.1) is 5.41 Å². The predicted molar refractivity (Wildman–Crippen MR) is 120 cm³/mol. The second kappa shape index (κ2) is 17.3. The van der Waals surface area contributed by atoms with Crippen LogP contribution in [0.3, 0.4) is 0 Å². The summed E-state index contributed by atoms with van der Waals surface area (Å²) in [5.41, 5.74) is 8.80. The lowest BCUT2D eigenvalue weighted by molar-refractivity contribution is 0.538. The van der Waals surface area contributed by atoms with Crippen LogP contribution < -0.4 is 5.73 Å². The molecule has 0 saturated heterocycles. The Hall–Kier alpha value is -1.08. The first-order valence-corrected chi connectivity index (χ1v) is 10.0. The SMILES string of the molecule is C=C=N.CCCCCCCCCCCCc1ccccc1C(C)(C)N.Cl. The predicted octanol–water partition coefficient (Wildman–Crippen LogP) is 7.19. The minimum absolute atomic E-state index is 0. The summed E-state index contributed by atoms with van der Waals surface area (Å²) in [6.45, 7) is 9.39. The molecule has 0 aliphatic heterocycles. The van der Waals surface area contributed by atoms with E-state index in [4.69, 9.17) is 11.1 Å². The highest BCUT2D eigenvalue weighted by Gasteiger charge is 2.17. The van der Waals surface area contributed by atoms with E-state index < -0.39 is 0 Å². The lowest BCUT2D eigenvalue weighted by Gasteiger charge is -2.23. The molecule has 1 aromatic carbocycles. The standard InChI is InChI=1S/C21H37N.C2H3N.ClH/c1-4-5-6-7-8-9-10-11-12-13-16-19-17-14-15-18-20(19)21(2,3)22;1-2-3;/h14-15,17-18H,4-13,16,22H2,1-3H3;3H,1H2;1H. The minimum atomic E-state index is -0.227. The van der Waals surface area contributed by atoms with Gasteiger partial charge in [0.15, 0.2) is 0 Å². The fraction of sp³-hybridized carbons (Fsp3) is 0.652. The fourth-order valence-corrected chi connectivity index (χ4v) is 3.17. The van der Waals surface area contributed by atoms with E-state index in [9.17, 15) is 0 Å². The fourth-order valence-electron chi connectivity index (χ4n) is 3.17. The highest BCUT2D eigenvalue weighted by molar-refractivity contribution is 5.85. The summed E-state index contributed by atoms with van der Waals surface area (Å²) >= 11 is 0. The Morgan fingerprint density at radius 2 is 1.35 bits per heavy atom. The Labute approximate surface area is 168 Å². The van der Waals surface area contributed by atoms with E-state index in [1.54, 1.807) is 5.87 Å². The molecular weight excluding hydrogens is 340 g/mol. The van der Waals surface area contributed by atoms with Crippen LogP contribution in [0.1, 0.15) is 96.1 Å². The Balaban J connectivity index is 0. The number of aryl methyl sites for hydroxylation is 1. The summed E-state index contributed by atoms with van der Waals surface area (Å²) in [7, 11) is 0. The normalized spacial score (nSPS) is 10.3. The highest BCUT2D eigenvalue weighted by Crippen LogP contribution is 2.23. The van der Waals surface area contributed by atoms with Crippen LogP contribution in [0.2, 0.25) is 0 Å². The van der Waals surface area contributed by atoms with Crippen molar-refractivity contribution in [2.45, 2.75) is 96.9 Å². The monoisotopic (exact) mass is 380 g/mol. The molecule has 0 spiro atoms. The highest BCUT2D eigenvalue weighted by atomic mass is 35.5. The van der Waals surface area contributed by atoms with E-state index in [0.717, 1.165) is 0 Å². The van der Waals surface area contributed by atoms with Crippen molar-refractivity contribution >= 4 is 18.3 Å². The maximum Gasteiger partial charge on any atom is 0.0355 e. The summed E-state index contributed by atoms with van der Waals surface area (Å²) in [4.78, 5) is 0. The van der Waals surface area contributed by atoms with Crippen LogP contribution in [0.15, 0.2) is 30.8 Å². The van der Waals surface area contributed by atoms with Gasteiger partial charge in [0.1, 0.15) is 0 Å². The van der Waals surface area contributed by atoms with Gasteiger partial charge in [-0.1, -0.05) is 89.0 Å². The Morgan fingerprint density at radius 3 is 1.81 bits per heavy atom. The topological polar surface area (TPSA) is 49.9 Å². The van der Waals surface area contributed by atoms with Gasteiger partial charge in [0, 0.05) is 5.54 Å². The molecule has 0 heterocycles. The molecule has 26 heavy (non-hydrogen) atoms. The van der Waals surface area contributed by atoms with Crippen LogP contribution >= 0.6 is 12.4 Å². The molecule has 150 valence electrons. The average molecular weight is 381 g/mol. The van der Waals surface area contributed by atoms with E-state index >= 15 is 0 Å². The molecule has 0 atom stereocenters. The van der Waals surface area contributed by atoms with Crippen LogP contribution in [0.4, 0.5) is 0 Å². The number of hydrogen-bond acceptors (Lipinski definition) is 2. The van der Waals surface area contributed by atoms with Gasteiger partial charge >= 0.3 is 0 Å². The van der Waals surface area contributed by atoms with Crippen molar-refractivity contribution in [3.63, 3.8) is 0 Å². The van der Waals surface area contributed by atoms with Crippen molar-refractivity contribution in [2.75, 3.05) is 0 Å². The zero-order chi connectivity index (χ0) is 19.0. The zero-order valence-corrected chi connectivity index (χ0v) is 18.1. The smallest absolute Gasteiger partial charge is 0.0355 e. The molecule has 0 bridgehead atoms. The van der Waals surface area contributed by atoms with E-state index in [0.29, 0.717) is 0 Å². The van der Waals surface area contributed by atoms with Gasteiger partial charge in [-0.15, -0.1) is 12.4 Å². The van der Waals surface area contributed by atoms with Crippen molar-refractivity contribution in [3.05, 3.63) is 42.0 Å². The quantitative estimate of drug-likeness (QED) is 0.292. The third-order valence-electron chi connectivity index (χ3n) is 4.51. The van der Waals surface area contributed by atoms with E-state index in [1.807, 2.05) is 0 Å². The van der Waals surface area contributed by atoms with Gasteiger partial charge in [0.05, 0.1) is 0 Å². The van der Waals surface area contributed by atoms with Gasteiger partial charge in [-0.2, -0.15) is 0 Å². The second-order valence-corrected chi connectivity index (χ2v) is 7.49. The number of nitrogens with one attached hydrogen (secondary N) is 1. The molecule has 0 aliphatic carbocycles. The molecule has 2 nitrogen and oxygen atoms in total. The summed E-state index contributed by atoms with van der Waals surface area (Å²) in [6, 6.07) is 8.68. The molecule has 1 rings (SSSR count). The summed E-state index contributed by atoms with van der Waals surface area (Å²) < 4.78 is 0. The third kappa shape index (κ3) is 14.1. The number of hydrogen-bond donors (Lipinski definition) is 2. The van der Waals surface area contributed by atoms with Gasteiger partial charge in [-0.05, 0) is 50.3 Å². The molecule has 3 N–H and O–H groups in total. The number of rotatable bonds is 12. The number of benzene rings is 1. The van der Waals surface area contributed by atoms with Gasteiger partial charge < -0.3 is 5.73 Å². The van der Waals surface area contributed by atoms with Crippen LogP contribution in [-0.2, 0) is 12.0 Å². The van der Waals surface area contributed by atoms with Crippen molar-refractivity contribution in [1.29, 1.82) is 5.41 Å². The molecule has 0 saturated carbocycles. The number of unbranched alkanes of at least 4 members (excludes halogenated alkanes) is 9. The van der Waals surface area contributed by atoms with Gasteiger partial charge in [0.25, 0.3) is 0 Å². The molecule has 1 aromatic rings. The first-order valence-electron chi connectivity index (χ1n) is 10.0. The van der Waals surface area contributed by atoms with Crippen LogP contribution in [0.25, 0.3) is 0 Å². The minimum Gasteiger partial charge on any atom is -0.322 e. The summed E-state index contributed by atoms with van der Waals surface area (Å²) in [6.07, 6.45) is 15.1. The lowest BCUT2D eigenvalue weighted by atomic mass is 9.89. The molecular formula is C23H41ClN2. The van der Waals surface area contributed by atoms with E-state index in [-0.39, 0.29) is 17.9 Å². The first kappa shape index (κ1) is 27.1. The summed E-state index contributed by atoms with van der Waals surface area (Å²) in [5, 5.41) is 5.85. The number of nitrogens with two attached hydrogens (primary N) is 1. The maximum absolute atomic E-state index is 6.28. The van der Waals surface area contributed by atoms with Crippen LogP contribution in [-0.4, -0.2) is 5.87 Å². The van der Waals surface area contributed by atoms with Gasteiger partial charge in [0.2, 0.25) is 0 Å². The van der Waals surface area contributed by atoms with E-state index in [2.05, 4.69) is 51.6 Å². The van der Waals surface area contributed by atoms with Crippen molar-refractivity contribution in [3.8, 4) is 0 Å². The molecule has 0 unspecified atom stereocenters. The maximum atomic E-state index is 6.28. The van der Waals surface area contributed by atoms with Gasteiger partial charge in [-0.3, -0.25) is 5.41 Å². The average Bonchev–Trinajstić information content (AvgIpc) is 2.57. The Morgan fingerprint density at radius 1 is 0.923 bits per heavy atom. The second-order valence-electron chi connectivity index (χ2n) is 7.49. The Bertz CT molecular complexity index is 471. The van der Waals surface area contributed by atoms with Crippen molar-refractivity contribution < 1.29 is 0 Å². The largest absolute Gasteiger partial charge is 0.322 e. The molecule has 3 heteroatoms. The molecule has 0 radical (unpaired) electrons. The Kier molecular flexibility index (Phi) is 18.1. The zero-order valence-electron chi connectivity index (χ0n) is 17.3. The third-order valence-corrected chi connectivity index (χ3v) is 4.51. The molecule has 0 fully saturated rings. The van der Waals surface area contributed by atoms with Crippen molar-refractivity contribution in [2.24, 2.45) is 5.73 Å². The first-order chi connectivity index (χ1) is 12.0. The lowest BCUT2D eigenvalue weighted by Crippen LogP contribution is -2.30. The van der Waals surface area contributed by atoms with Crippen LogP contribution in [0.5, 0.6) is 0 Å². The van der Waals surface area contributed by atoms with Gasteiger partial charge in [-0.25, -0.2) is 0 Å². The molecule has 0 amide bonds.